The van der Waals surface area contributed by atoms with Crippen LogP contribution in [-0.4, -0.2) is 22.5 Å². The van der Waals surface area contributed by atoms with Gasteiger partial charge in [-0.2, -0.15) is 8.42 Å². The van der Waals surface area contributed by atoms with Crippen molar-refractivity contribution >= 4 is 28.2 Å². The molecule has 6 nitrogen and oxygen atoms in total. The normalized spacial score (nSPS) is 11.6. The Labute approximate surface area is 86.1 Å². The van der Waals surface area contributed by atoms with Crippen molar-refractivity contribution in [3.63, 3.8) is 0 Å². The first-order valence-corrected chi connectivity index (χ1v) is 5.58. The maximum atomic E-state index is 10.6. The Bertz CT molecular complexity index is 506. The molecule has 1 heterocycles. The van der Waals surface area contributed by atoms with Gasteiger partial charge in [-0.05, 0) is 12.2 Å². The summed E-state index contributed by atoms with van der Waals surface area (Å²) in [5.41, 5.74) is 5.66. The summed E-state index contributed by atoms with van der Waals surface area (Å²) in [6.45, 7) is 0. The summed E-state index contributed by atoms with van der Waals surface area (Å²) < 4.78 is 31.5. The minimum absolute atomic E-state index is 0.0192. The van der Waals surface area contributed by atoms with Crippen molar-refractivity contribution < 1.29 is 13.0 Å². The molecular weight excluding hydrogens is 226 g/mol. The first kappa shape index (κ1) is 11.1. The van der Waals surface area contributed by atoms with E-state index in [2.05, 4.69) is 4.98 Å². The number of aryl methyl sites for hydroxylation is 1. The van der Waals surface area contributed by atoms with Crippen LogP contribution in [0.2, 0.25) is 0 Å². The Hall–Kier alpha value is -0.990. The van der Waals surface area contributed by atoms with Crippen LogP contribution < -0.4 is 5.73 Å². The van der Waals surface area contributed by atoms with Gasteiger partial charge in [0.05, 0.1) is 0 Å². The molecule has 0 bridgehead atoms. The summed E-state index contributed by atoms with van der Waals surface area (Å²) in [4.78, 5) is 3.74. The highest BCUT2D eigenvalue weighted by Gasteiger charge is 2.11. The third-order valence-electron chi connectivity index (χ3n) is 1.53. The lowest BCUT2D eigenvalue weighted by Crippen LogP contribution is -2.09. The average molecular weight is 235 g/mol. The lowest BCUT2D eigenvalue weighted by Gasteiger charge is -2.05. The third-order valence-corrected chi connectivity index (χ3v) is 2.59. The van der Waals surface area contributed by atoms with Crippen molar-refractivity contribution in [2.45, 2.75) is 5.75 Å². The van der Waals surface area contributed by atoms with E-state index in [9.17, 15) is 8.42 Å². The molecule has 1 aromatic heterocycles. The van der Waals surface area contributed by atoms with Crippen LogP contribution >= 0.6 is 12.2 Å². The molecule has 78 valence electrons. The summed E-state index contributed by atoms with van der Waals surface area (Å²) in [5, 5.41) is 0. The number of nitrogens with zero attached hydrogens (tertiary/aromatic N) is 2. The fourth-order valence-electron chi connectivity index (χ4n) is 0.917. The van der Waals surface area contributed by atoms with E-state index in [0.717, 1.165) is 0 Å². The van der Waals surface area contributed by atoms with E-state index in [1.165, 1.54) is 10.8 Å². The molecule has 0 unspecified atom stereocenters. The van der Waals surface area contributed by atoms with Gasteiger partial charge in [0.15, 0.2) is 0 Å². The van der Waals surface area contributed by atoms with Crippen LogP contribution in [0.1, 0.15) is 5.56 Å². The Kier molecular flexibility index (Phi) is 2.88. The summed E-state index contributed by atoms with van der Waals surface area (Å²) >= 11 is 4.80. The summed E-state index contributed by atoms with van der Waals surface area (Å²) in [5.74, 6) is -0.541. The molecular formula is C6H9N3O3S2. The Morgan fingerprint density at radius 3 is 2.79 bits per heavy atom. The quantitative estimate of drug-likeness (QED) is 0.558. The molecule has 0 spiro atoms. The number of hydrogen-bond donors (Lipinski definition) is 2. The molecule has 0 aliphatic carbocycles. The van der Waals surface area contributed by atoms with Gasteiger partial charge >= 0.3 is 0 Å². The van der Waals surface area contributed by atoms with Crippen LogP contribution in [0.15, 0.2) is 6.20 Å². The first-order chi connectivity index (χ1) is 6.29. The smallest absolute Gasteiger partial charge is 0.269 e. The minimum Gasteiger partial charge on any atom is -0.383 e. The van der Waals surface area contributed by atoms with Gasteiger partial charge in [0.25, 0.3) is 10.1 Å². The second-order valence-corrected chi connectivity index (χ2v) is 4.59. The van der Waals surface area contributed by atoms with Crippen LogP contribution in [0.5, 0.6) is 0 Å². The van der Waals surface area contributed by atoms with Crippen LogP contribution in [0.25, 0.3) is 0 Å². The monoisotopic (exact) mass is 235 g/mol. The number of nitrogens with two attached hydrogens (primary N) is 1. The predicted molar refractivity (Wildman–Crippen MR) is 53.7 cm³/mol. The molecule has 3 N–H and O–H groups in total. The lowest BCUT2D eigenvalue weighted by atomic mass is 10.3. The van der Waals surface area contributed by atoms with E-state index >= 15 is 0 Å². The van der Waals surface area contributed by atoms with E-state index in [0.29, 0.717) is 0 Å². The standard InChI is InChI=1S/C6H9N3O3S2/c1-9-2-4(3-14(10,11)12)5(7)8-6(9)13/h2H,3H2,1H3,(H2,7,8,13)(H,10,11,12). The fraction of sp³-hybridized carbons (Fsp3) is 0.333. The summed E-state index contributed by atoms with van der Waals surface area (Å²) in [7, 11) is -2.48. The summed E-state index contributed by atoms with van der Waals surface area (Å²) in [6, 6.07) is 0. The Morgan fingerprint density at radius 2 is 2.29 bits per heavy atom. The minimum atomic E-state index is -4.10. The topological polar surface area (TPSA) is 98.2 Å². The molecule has 0 aliphatic heterocycles. The largest absolute Gasteiger partial charge is 0.383 e. The van der Waals surface area contributed by atoms with Gasteiger partial charge in [-0.1, -0.05) is 0 Å². The molecule has 0 saturated carbocycles. The lowest BCUT2D eigenvalue weighted by molar-refractivity contribution is 0.482. The SMILES string of the molecule is Cn1cc(CS(=O)(=O)O)c(N)nc1=S. The number of nitrogen functional groups attached to an aromatic ring is 1. The van der Waals surface area contributed by atoms with Gasteiger partial charge in [-0.25, -0.2) is 4.98 Å². The van der Waals surface area contributed by atoms with Gasteiger partial charge in [0, 0.05) is 18.8 Å². The Balaban J connectivity index is 3.24. The molecule has 0 amide bonds. The van der Waals surface area contributed by atoms with E-state index in [1.54, 1.807) is 7.05 Å². The van der Waals surface area contributed by atoms with Crippen LogP contribution in [0, 0.1) is 4.77 Å². The van der Waals surface area contributed by atoms with E-state index in [4.69, 9.17) is 22.5 Å². The number of anilines is 1. The zero-order valence-electron chi connectivity index (χ0n) is 7.34. The molecule has 0 fully saturated rings. The van der Waals surface area contributed by atoms with Crippen LogP contribution in [-0.2, 0) is 22.9 Å². The highest BCUT2D eigenvalue weighted by molar-refractivity contribution is 7.85. The van der Waals surface area contributed by atoms with Crippen LogP contribution in [0.4, 0.5) is 5.82 Å². The van der Waals surface area contributed by atoms with Gasteiger partial charge in [0.1, 0.15) is 11.6 Å². The Morgan fingerprint density at radius 1 is 1.71 bits per heavy atom. The number of aromatic nitrogens is 2. The highest BCUT2D eigenvalue weighted by Crippen LogP contribution is 2.10. The van der Waals surface area contributed by atoms with Gasteiger partial charge in [0.2, 0.25) is 4.77 Å². The molecule has 1 aromatic rings. The third kappa shape index (κ3) is 2.76. The van der Waals surface area contributed by atoms with E-state index in [-0.39, 0.29) is 16.2 Å². The van der Waals surface area contributed by atoms with Crippen molar-refractivity contribution in [1.82, 2.24) is 9.55 Å². The molecule has 0 aliphatic rings. The molecule has 0 radical (unpaired) electrons. The highest BCUT2D eigenvalue weighted by atomic mass is 32.2. The van der Waals surface area contributed by atoms with Crippen molar-refractivity contribution in [2.75, 3.05) is 5.73 Å². The molecule has 14 heavy (non-hydrogen) atoms. The second kappa shape index (κ2) is 3.64. The van der Waals surface area contributed by atoms with Gasteiger partial charge < -0.3 is 10.3 Å². The van der Waals surface area contributed by atoms with Gasteiger partial charge in [-0.15, -0.1) is 0 Å². The van der Waals surface area contributed by atoms with Crippen LogP contribution in [0.3, 0.4) is 0 Å². The van der Waals surface area contributed by atoms with Gasteiger partial charge in [-0.3, -0.25) is 4.55 Å². The molecule has 0 atom stereocenters. The van der Waals surface area contributed by atoms with Crippen molar-refractivity contribution in [3.8, 4) is 0 Å². The summed E-state index contributed by atoms with van der Waals surface area (Å²) in [6.07, 6.45) is 1.43. The van der Waals surface area contributed by atoms with Crippen molar-refractivity contribution in [3.05, 3.63) is 16.5 Å². The van der Waals surface area contributed by atoms with E-state index < -0.39 is 15.9 Å². The molecule has 1 rings (SSSR count). The maximum absolute atomic E-state index is 10.6. The fourth-order valence-corrected chi connectivity index (χ4v) is 1.68. The van der Waals surface area contributed by atoms with Crippen molar-refractivity contribution in [2.24, 2.45) is 7.05 Å². The number of rotatable bonds is 2. The maximum Gasteiger partial charge on any atom is 0.269 e. The average Bonchev–Trinajstić information content (AvgIpc) is 1.97. The number of hydrogen-bond acceptors (Lipinski definition) is 5. The first-order valence-electron chi connectivity index (χ1n) is 3.57. The van der Waals surface area contributed by atoms with E-state index in [1.807, 2.05) is 0 Å². The zero-order chi connectivity index (χ0) is 10.9. The molecule has 0 aromatic carbocycles. The predicted octanol–water partition coefficient (Wildman–Crippen LogP) is 0.120. The second-order valence-electron chi connectivity index (χ2n) is 2.77. The molecule has 8 heteroatoms. The molecule has 0 saturated heterocycles. The van der Waals surface area contributed by atoms with Crippen molar-refractivity contribution in [1.29, 1.82) is 0 Å². The zero-order valence-corrected chi connectivity index (χ0v) is 8.97.